The van der Waals surface area contributed by atoms with Crippen molar-refractivity contribution in [3.63, 3.8) is 0 Å². The van der Waals surface area contributed by atoms with Crippen molar-refractivity contribution in [2.75, 3.05) is 7.11 Å². The zero-order valence-electron chi connectivity index (χ0n) is 18.1. The van der Waals surface area contributed by atoms with Gasteiger partial charge in [0.2, 0.25) is 0 Å². The van der Waals surface area contributed by atoms with Gasteiger partial charge in [0.05, 0.1) is 6.10 Å². The number of carbonyl (C=O) groups excluding carboxylic acids is 2. The van der Waals surface area contributed by atoms with E-state index in [4.69, 9.17) is 4.74 Å². The van der Waals surface area contributed by atoms with Crippen molar-refractivity contribution in [2.45, 2.75) is 78.4 Å². The van der Waals surface area contributed by atoms with Crippen molar-refractivity contribution in [3.05, 3.63) is 34.9 Å². The molecule has 1 aromatic carbocycles. The molecule has 1 heterocycles. The van der Waals surface area contributed by atoms with Crippen molar-refractivity contribution >= 4 is 11.9 Å². The van der Waals surface area contributed by atoms with Crippen LogP contribution in [0.15, 0.2) is 18.2 Å². The Balaban J connectivity index is 2.11. The summed E-state index contributed by atoms with van der Waals surface area (Å²) in [6.07, 6.45) is 4.55. The molecule has 3 rings (SSSR count). The highest BCUT2D eigenvalue weighted by Gasteiger charge is 2.60. The van der Waals surface area contributed by atoms with Gasteiger partial charge in [0.15, 0.2) is 5.54 Å². The third-order valence-corrected chi connectivity index (χ3v) is 6.58. The van der Waals surface area contributed by atoms with Crippen molar-refractivity contribution in [3.8, 4) is 0 Å². The van der Waals surface area contributed by atoms with Gasteiger partial charge < -0.3 is 10.1 Å². The molecule has 2 fully saturated rings. The molecule has 1 saturated heterocycles. The molecule has 1 aromatic rings. The monoisotopic (exact) mass is 386 g/mol. The topological polar surface area (TPSA) is 67.4 Å². The lowest BCUT2D eigenvalue weighted by Crippen LogP contribution is -2.58. The second-order valence-corrected chi connectivity index (χ2v) is 10.0. The van der Waals surface area contributed by atoms with Gasteiger partial charge in [0, 0.05) is 12.5 Å². The zero-order chi connectivity index (χ0) is 20.7. The maximum Gasteiger partial charge on any atom is 0.322 e. The molecule has 0 bridgehead atoms. The molecule has 2 aliphatic rings. The molecule has 1 atom stereocenters. The highest BCUT2D eigenvalue weighted by molar-refractivity contribution is 6.08. The van der Waals surface area contributed by atoms with Crippen LogP contribution >= 0.6 is 0 Å². The Morgan fingerprint density at radius 1 is 1.18 bits per heavy atom. The summed E-state index contributed by atoms with van der Waals surface area (Å²) < 4.78 is 5.54. The average molecular weight is 387 g/mol. The van der Waals surface area contributed by atoms with Crippen LogP contribution in [0.3, 0.4) is 0 Å². The third kappa shape index (κ3) is 3.57. The summed E-state index contributed by atoms with van der Waals surface area (Å²) >= 11 is 0. The molecule has 1 aliphatic carbocycles. The van der Waals surface area contributed by atoms with E-state index in [0.717, 1.165) is 43.2 Å². The van der Waals surface area contributed by atoms with Gasteiger partial charge in [-0.15, -0.1) is 0 Å². The number of hydrogen-bond donors (Lipinski definition) is 2. The van der Waals surface area contributed by atoms with E-state index in [2.05, 4.69) is 56.5 Å². The second-order valence-electron chi connectivity index (χ2n) is 10.0. The molecule has 154 valence electrons. The fourth-order valence-electron chi connectivity index (χ4n) is 5.03. The van der Waals surface area contributed by atoms with Crippen LogP contribution in [0.25, 0.3) is 0 Å². The molecule has 2 N–H and O–H groups in total. The molecule has 5 heteroatoms. The Labute approximate surface area is 168 Å². The molecule has 0 radical (unpaired) electrons. The molecule has 28 heavy (non-hydrogen) atoms. The summed E-state index contributed by atoms with van der Waals surface area (Å²) in [5.74, 6) is -0.230. The van der Waals surface area contributed by atoms with Gasteiger partial charge in [0.25, 0.3) is 5.91 Å². The molecule has 3 amide bonds. The minimum Gasteiger partial charge on any atom is -0.381 e. The lowest BCUT2D eigenvalue weighted by atomic mass is 9.59. The van der Waals surface area contributed by atoms with Gasteiger partial charge in [-0.2, -0.15) is 0 Å². The van der Waals surface area contributed by atoms with Crippen LogP contribution in [-0.2, 0) is 21.5 Å². The molecule has 0 aromatic heterocycles. The van der Waals surface area contributed by atoms with Gasteiger partial charge in [-0.3, -0.25) is 10.1 Å². The summed E-state index contributed by atoms with van der Waals surface area (Å²) in [5.41, 5.74) is 1.88. The van der Waals surface area contributed by atoms with Gasteiger partial charge in [-0.1, -0.05) is 45.9 Å². The molecular weight excluding hydrogens is 352 g/mol. The normalized spacial score (nSPS) is 30.9. The minimum absolute atomic E-state index is 0.140. The highest BCUT2D eigenvalue weighted by atomic mass is 16.5. The smallest absolute Gasteiger partial charge is 0.322 e. The van der Waals surface area contributed by atoms with Crippen LogP contribution in [0.5, 0.6) is 0 Å². The first-order chi connectivity index (χ1) is 13.0. The second kappa shape index (κ2) is 7.18. The van der Waals surface area contributed by atoms with Crippen LogP contribution in [-0.4, -0.2) is 25.2 Å². The van der Waals surface area contributed by atoms with E-state index in [1.54, 1.807) is 7.11 Å². The maximum absolute atomic E-state index is 13.3. The maximum atomic E-state index is 13.3. The number of imide groups is 1. The van der Waals surface area contributed by atoms with Crippen LogP contribution in [0.4, 0.5) is 4.79 Å². The lowest BCUT2D eigenvalue weighted by Gasteiger charge is -2.48. The number of nitrogens with one attached hydrogen (secondary N) is 2. The Morgan fingerprint density at radius 3 is 2.32 bits per heavy atom. The molecule has 1 aliphatic heterocycles. The van der Waals surface area contributed by atoms with Gasteiger partial charge in [-0.25, -0.2) is 4.79 Å². The minimum atomic E-state index is -1.04. The van der Waals surface area contributed by atoms with Crippen LogP contribution in [0, 0.1) is 17.8 Å². The number of aryl methyl sites for hydroxylation is 1. The van der Waals surface area contributed by atoms with Crippen molar-refractivity contribution in [1.29, 1.82) is 0 Å². The lowest BCUT2D eigenvalue weighted by molar-refractivity contribution is -0.131. The first-order valence-electron chi connectivity index (χ1n) is 10.3. The summed E-state index contributed by atoms with van der Waals surface area (Å²) in [7, 11) is 1.74. The number of rotatable bonds is 4. The van der Waals surface area contributed by atoms with E-state index in [1.165, 1.54) is 5.56 Å². The summed E-state index contributed by atoms with van der Waals surface area (Å²) in [6.45, 7) is 10.8. The largest absolute Gasteiger partial charge is 0.381 e. The number of methoxy groups -OCH3 is 1. The quantitative estimate of drug-likeness (QED) is 0.762. The highest BCUT2D eigenvalue weighted by Crippen LogP contribution is 2.52. The average Bonchev–Trinajstić information content (AvgIpc) is 2.91. The SMILES string of the molecule is CO[C@H]1CC[C@](C)(C2(c3cc(CC(C)(C)C)ccc3C)NC(=O)NC2=O)CC1. The van der Waals surface area contributed by atoms with Crippen LogP contribution < -0.4 is 10.6 Å². The fourth-order valence-corrected chi connectivity index (χ4v) is 5.03. The van der Waals surface area contributed by atoms with E-state index in [-0.39, 0.29) is 22.8 Å². The van der Waals surface area contributed by atoms with Crippen LogP contribution in [0.1, 0.15) is 70.1 Å². The standard InChI is InChI=1S/C23H34N2O3/c1-15-7-8-16(14-21(2,3)4)13-18(15)23(19(26)24-20(27)25-23)22(5)11-9-17(28-6)10-12-22/h7-8,13,17H,9-12,14H2,1-6H3,(H2,24,25,26,27)/t17-,22-,23?. The Bertz CT molecular complexity index is 773. The van der Waals surface area contributed by atoms with Crippen molar-refractivity contribution in [1.82, 2.24) is 10.6 Å². The molecular formula is C23H34N2O3. The van der Waals surface area contributed by atoms with Gasteiger partial charge >= 0.3 is 6.03 Å². The van der Waals surface area contributed by atoms with E-state index < -0.39 is 11.6 Å². The Hall–Kier alpha value is -1.88. The number of urea groups is 1. The summed E-state index contributed by atoms with van der Waals surface area (Å²) in [6, 6.07) is 5.96. The number of carbonyl (C=O) groups is 2. The first-order valence-corrected chi connectivity index (χ1v) is 10.3. The Morgan fingerprint density at radius 2 is 1.82 bits per heavy atom. The predicted molar refractivity (Wildman–Crippen MR) is 110 cm³/mol. The first kappa shape index (κ1) is 20.8. The number of hydrogen-bond acceptors (Lipinski definition) is 3. The summed E-state index contributed by atoms with van der Waals surface area (Å²) in [5, 5.41) is 5.60. The van der Waals surface area contributed by atoms with E-state index in [9.17, 15) is 9.59 Å². The number of benzene rings is 1. The van der Waals surface area contributed by atoms with E-state index in [1.807, 2.05) is 6.92 Å². The zero-order valence-corrected chi connectivity index (χ0v) is 18.1. The van der Waals surface area contributed by atoms with Crippen molar-refractivity contribution < 1.29 is 14.3 Å². The Kier molecular flexibility index (Phi) is 5.34. The third-order valence-electron chi connectivity index (χ3n) is 6.58. The molecule has 1 unspecified atom stereocenters. The number of amides is 3. The predicted octanol–water partition coefficient (Wildman–Crippen LogP) is 4.21. The molecule has 5 nitrogen and oxygen atoms in total. The number of ether oxygens (including phenoxy) is 1. The van der Waals surface area contributed by atoms with Crippen LogP contribution in [0.2, 0.25) is 0 Å². The summed E-state index contributed by atoms with van der Waals surface area (Å²) in [4.78, 5) is 25.6. The molecule has 0 spiro atoms. The van der Waals surface area contributed by atoms with Gasteiger partial charge in [0.1, 0.15) is 0 Å². The van der Waals surface area contributed by atoms with E-state index in [0.29, 0.717) is 0 Å². The molecule has 1 saturated carbocycles. The van der Waals surface area contributed by atoms with E-state index >= 15 is 0 Å². The van der Waals surface area contributed by atoms with Gasteiger partial charge in [-0.05, 0) is 61.1 Å². The van der Waals surface area contributed by atoms with Crippen molar-refractivity contribution in [2.24, 2.45) is 10.8 Å². The fraction of sp³-hybridized carbons (Fsp3) is 0.652.